The summed E-state index contributed by atoms with van der Waals surface area (Å²) in [5.74, 6) is -0.992. The van der Waals surface area contributed by atoms with Gasteiger partial charge in [0.05, 0.1) is 19.1 Å². The maximum absolute atomic E-state index is 14.1. The molecule has 8 heteroatoms. The van der Waals surface area contributed by atoms with Gasteiger partial charge in [-0.3, -0.25) is 24.7 Å². The van der Waals surface area contributed by atoms with Crippen molar-refractivity contribution in [3.63, 3.8) is 0 Å². The Morgan fingerprint density at radius 2 is 1.67 bits per heavy atom. The molecule has 0 saturated carbocycles. The number of hydrogen-bond acceptors (Lipinski definition) is 5. The van der Waals surface area contributed by atoms with Gasteiger partial charge in [0.15, 0.2) is 11.5 Å². The molecule has 0 aliphatic carbocycles. The fraction of sp³-hybridized carbons (Fsp3) is 0.290. The molecule has 2 aliphatic heterocycles. The first-order valence-electron chi connectivity index (χ1n) is 13.3. The summed E-state index contributed by atoms with van der Waals surface area (Å²) in [6.45, 7) is 3.14. The number of likely N-dealkylation sites (tertiary alicyclic amines) is 1. The van der Waals surface area contributed by atoms with E-state index < -0.39 is 5.54 Å². The third kappa shape index (κ3) is 5.02. The topological polar surface area (TPSA) is 103 Å². The third-order valence-corrected chi connectivity index (χ3v) is 7.40. The number of guanidine groups is 1. The normalized spacial score (nSPS) is 18.5. The van der Waals surface area contributed by atoms with E-state index >= 15 is 0 Å². The molecule has 1 unspecified atom stereocenters. The van der Waals surface area contributed by atoms with E-state index in [-0.39, 0.29) is 36.2 Å². The Labute approximate surface area is 228 Å². The van der Waals surface area contributed by atoms with Crippen molar-refractivity contribution in [3.8, 4) is 0 Å². The largest absolute Gasteiger partial charge is 0.466 e. The van der Waals surface area contributed by atoms with Gasteiger partial charge in [0, 0.05) is 18.7 Å². The van der Waals surface area contributed by atoms with Crippen molar-refractivity contribution >= 4 is 23.7 Å². The molecule has 0 radical (unpaired) electrons. The van der Waals surface area contributed by atoms with Crippen LogP contribution < -0.4 is 5.32 Å². The molecule has 8 nitrogen and oxygen atoms in total. The summed E-state index contributed by atoms with van der Waals surface area (Å²) in [6.07, 6.45) is 1.44. The van der Waals surface area contributed by atoms with Crippen LogP contribution in [0.5, 0.6) is 0 Å². The van der Waals surface area contributed by atoms with Crippen LogP contribution in [0.4, 0.5) is 0 Å². The van der Waals surface area contributed by atoms with Gasteiger partial charge in [0.1, 0.15) is 0 Å². The average molecular weight is 525 g/mol. The molecule has 2 saturated heterocycles. The Kier molecular flexibility index (Phi) is 7.45. The minimum absolute atomic E-state index is 0.00209. The van der Waals surface area contributed by atoms with E-state index in [0.717, 1.165) is 23.1 Å². The lowest BCUT2D eigenvalue weighted by atomic mass is 9.82. The van der Waals surface area contributed by atoms with Crippen LogP contribution in [0.1, 0.15) is 46.8 Å². The monoisotopic (exact) mass is 524 g/mol. The van der Waals surface area contributed by atoms with Crippen molar-refractivity contribution in [2.24, 2.45) is 5.92 Å². The number of carbonyl (C=O) groups is 3. The van der Waals surface area contributed by atoms with Gasteiger partial charge in [-0.25, -0.2) is 0 Å². The summed E-state index contributed by atoms with van der Waals surface area (Å²) >= 11 is 0. The van der Waals surface area contributed by atoms with Crippen molar-refractivity contribution in [1.82, 2.24) is 15.1 Å². The minimum Gasteiger partial charge on any atom is -0.466 e. The highest BCUT2D eigenvalue weighted by molar-refractivity contribution is 6.10. The molecule has 0 aromatic heterocycles. The Hall–Kier alpha value is -4.46. The van der Waals surface area contributed by atoms with Crippen molar-refractivity contribution in [3.05, 3.63) is 107 Å². The van der Waals surface area contributed by atoms with Crippen molar-refractivity contribution < 1.29 is 19.1 Å². The zero-order valence-corrected chi connectivity index (χ0v) is 21.9. The van der Waals surface area contributed by atoms with Gasteiger partial charge in [-0.05, 0) is 48.6 Å². The maximum atomic E-state index is 14.1. The number of nitrogens with one attached hydrogen (secondary N) is 2. The zero-order valence-electron chi connectivity index (χ0n) is 21.9. The third-order valence-electron chi connectivity index (χ3n) is 7.40. The second-order valence-electron chi connectivity index (χ2n) is 9.89. The van der Waals surface area contributed by atoms with Crippen LogP contribution in [0.3, 0.4) is 0 Å². The number of esters is 1. The number of nitrogens with zero attached hydrogens (tertiary/aromatic N) is 2. The number of ether oxygens (including phenoxy) is 1. The molecular weight excluding hydrogens is 492 g/mol. The molecule has 1 atom stereocenters. The van der Waals surface area contributed by atoms with E-state index in [2.05, 4.69) is 5.32 Å². The molecule has 39 heavy (non-hydrogen) atoms. The highest BCUT2D eigenvalue weighted by Gasteiger charge is 2.52. The van der Waals surface area contributed by atoms with Crippen LogP contribution in [-0.2, 0) is 26.4 Å². The highest BCUT2D eigenvalue weighted by atomic mass is 16.5. The van der Waals surface area contributed by atoms with Gasteiger partial charge < -0.3 is 15.0 Å². The molecule has 0 spiro atoms. The van der Waals surface area contributed by atoms with Gasteiger partial charge in [-0.1, -0.05) is 72.8 Å². The van der Waals surface area contributed by atoms with Crippen molar-refractivity contribution in [1.29, 1.82) is 5.41 Å². The molecule has 3 aromatic carbocycles. The van der Waals surface area contributed by atoms with E-state index in [1.54, 1.807) is 30.0 Å². The lowest BCUT2D eigenvalue weighted by Crippen LogP contribution is -2.45. The summed E-state index contributed by atoms with van der Waals surface area (Å²) < 4.78 is 5.17. The van der Waals surface area contributed by atoms with E-state index in [9.17, 15) is 14.4 Å². The lowest BCUT2D eigenvalue weighted by Gasteiger charge is -2.31. The second-order valence-corrected chi connectivity index (χ2v) is 9.89. The van der Waals surface area contributed by atoms with Crippen LogP contribution in [0, 0.1) is 11.3 Å². The van der Waals surface area contributed by atoms with Crippen LogP contribution in [0.15, 0.2) is 84.9 Å². The minimum atomic E-state index is -1.22. The van der Waals surface area contributed by atoms with E-state index in [1.807, 2.05) is 66.7 Å². The van der Waals surface area contributed by atoms with Gasteiger partial charge >= 0.3 is 5.97 Å². The fourth-order valence-corrected chi connectivity index (χ4v) is 5.47. The first kappa shape index (κ1) is 26.2. The number of benzene rings is 3. The summed E-state index contributed by atoms with van der Waals surface area (Å²) in [7, 11) is 0. The summed E-state index contributed by atoms with van der Waals surface area (Å²) in [5.41, 5.74) is 1.50. The fourth-order valence-electron chi connectivity index (χ4n) is 5.47. The van der Waals surface area contributed by atoms with Gasteiger partial charge in [-0.15, -0.1) is 0 Å². The SMILES string of the molecule is CCOC(=O)C1CCCN(C(=O)c2cccc(CN3C(=N)NC(c4ccccc4)(c4ccccc4)C3=O)c2)C1. The van der Waals surface area contributed by atoms with Crippen LogP contribution in [-0.4, -0.2) is 53.2 Å². The van der Waals surface area contributed by atoms with Gasteiger partial charge in [0.25, 0.3) is 11.8 Å². The molecule has 3 aromatic rings. The Morgan fingerprint density at radius 1 is 1.00 bits per heavy atom. The second kappa shape index (κ2) is 11.1. The Morgan fingerprint density at radius 3 is 2.31 bits per heavy atom. The molecule has 2 aliphatic rings. The first-order chi connectivity index (χ1) is 18.9. The number of amides is 2. The van der Waals surface area contributed by atoms with Crippen molar-refractivity contribution in [2.75, 3.05) is 19.7 Å². The zero-order chi connectivity index (χ0) is 27.4. The molecule has 2 fully saturated rings. The molecule has 5 rings (SSSR count). The molecule has 0 bridgehead atoms. The summed E-state index contributed by atoms with van der Waals surface area (Å²) in [5, 5.41) is 11.9. The summed E-state index contributed by atoms with van der Waals surface area (Å²) in [6, 6.07) is 26.0. The summed E-state index contributed by atoms with van der Waals surface area (Å²) in [4.78, 5) is 42.8. The number of hydrogen-bond donors (Lipinski definition) is 2. The smallest absolute Gasteiger partial charge is 0.310 e. The molecule has 2 N–H and O–H groups in total. The van der Waals surface area contributed by atoms with Crippen LogP contribution in [0.2, 0.25) is 0 Å². The van der Waals surface area contributed by atoms with Crippen molar-refractivity contribution in [2.45, 2.75) is 31.8 Å². The maximum Gasteiger partial charge on any atom is 0.310 e. The van der Waals surface area contributed by atoms with Crippen LogP contribution >= 0.6 is 0 Å². The van der Waals surface area contributed by atoms with E-state index in [0.29, 0.717) is 31.7 Å². The van der Waals surface area contributed by atoms with Gasteiger partial charge in [-0.2, -0.15) is 0 Å². The van der Waals surface area contributed by atoms with E-state index in [1.165, 1.54) is 4.90 Å². The molecule has 2 heterocycles. The molecule has 2 amide bonds. The van der Waals surface area contributed by atoms with Crippen LogP contribution in [0.25, 0.3) is 0 Å². The Bertz CT molecular complexity index is 1340. The van der Waals surface area contributed by atoms with E-state index in [4.69, 9.17) is 10.1 Å². The quantitative estimate of drug-likeness (QED) is 0.456. The highest BCUT2D eigenvalue weighted by Crippen LogP contribution is 2.36. The molecular formula is C31H32N4O4. The number of piperidine rings is 1. The average Bonchev–Trinajstić information content (AvgIpc) is 3.23. The predicted molar refractivity (Wildman–Crippen MR) is 147 cm³/mol. The number of rotatable bonds is 7. The standard InChI is InChI=1S/C31H32N4O4/c1-2-39-28(37)24-13-10-18-34(21-24)27(36)23-12-9-11-22(19-23)20-35-29(38)31(33-30(35)32,25-14-5-3-6-15-25)26-16-7-4-8-17-26/h3-9,11-12,14-17,19,24H,2,10,13,18,20-21H2,1H3,(H2,32,33). The van der Waals surface area contributed by atoms with Gasteiger partial charge in [0.2, 0.25) is 0 Å². The molecule has 200 valence electrons. The first-order valence-corrected chi connectivity index (χ1v) is 13.3. The predicted octanol–water partition coefficient (Wildman–Crippen LogP) is 3.91. The Balaban J connectivity index is 1.38. The lowest BCUT2D eigenvalue weighted by molar-refractivity contribution is -0.149. The number of carbonyl (C=O) groups excluding carboxylic acids is 3.